The summed E-state index contributed by atoms with van der Waals surface area (Å²) in [5.74, 6) is 1.52. The van der Waals surface area contributed by atoms with Crippen molar-refractivity contribution in [2.45, 2.75) is 13.0 Å². The van der Waals surface area contributed by atoms with Crippen molar-refractivity contribution in [1.29, 1.82) is 0 Å². The summed E-state index contributed by atoms with van der Waals surface area (Å²) in [5, 5.41) is 10.8. The number of para-hydroxylation sites is 1. The van der Waals surface area contributed by atoms with Crippen molar-refractivity contribution in [1.82, 2.24) is 20.5 Å². The molecule has 2 N–H and O–H groups in total. The fourth-order valence-corrected chi connectivity index (χ4v) is 3.14. The fourth-order valence-electron chi connectivity index (χ4n) is 3.14. The molecule has 0 amide bonds. The van der Waals surface area contributed by atoms with Gasteiger partial charge in [0.25, 0.3) is 0 Å². The van der Waals surface area contributed by atoms with Gasteiger partial charge in [0, 0.05) is 42.5 Å². The number of aromatic nitrogens is 3. The Bertz CT molecular complexity index is 800. The van der Waals surface area contributed by atoms with Crippen LogP contribution >= 0.6 is 0 Å². The smallest absolute Gasteiger partial charge is 0.122 e. The molecule has 0 saturated heterocycles. The van der Waals surface area contributed by atoms with Crippen molar-refractivity contribution in [2.75, 3.05) is 13.2 Å². The standard InChI is InChI=1S/C19H20N4O/c1-2-6-18-15(4-1)8-14(13-24-18)9-21-11-17-12-22-23-19(17)16-5-3-7-20-10-16/h1-7,10,12,14,21H,8-9,11,13H2,(H,22,23)/t14-/m1/s1. The summed E-state index contributed by atoms with van der Waals surface area (Å²) in [5.41, 5.74) is 4.54. The summed E-state index contributed by atoms with van der Waals surface area (Å²) in [7, 11) is 0. The van der Waals surface area contributed by atoms with Gasteiger partial charge in [0.05, 0.1) is 18.5 Å². The fraction of sp³-hybridized carbons (Fsp3) is 0.263. The molecule has 0 bridgehead atoms. The van der Waals surface area contributed by atoms with E-state index in [1.165, 1.54) is 5.56 Å². The van der Waals surface area contributed by atoms with Crippen LogP contribution in [0.2, 0.25) is 0 Å². The maximum absolute atomic E-state index is 5.85. The quantitative estimate of drug-likeness (QED) is 0.759. The molecular weight excluding hydrogens is 300 g/mol. The van der Waals surface area contributed by atoms with Gasteiger partial charge in [-0.15, -0.1) is 0 Å². The van der Waals surface area contributed by atoms with E-state index in [2.05, 4.69) is 32.6 Å². The molecule has 122 valence electrons. The van der Waals surface area contributed by atoms with E-state index < -0.39 is 0 Å². The van der Waals surface area contributed by atoms with Gasteiger partial charge in [0.1, 0.15) is 5.75 Å². The number of H-pyrrole nitrogens is 1. The average molecular weight is 320 g/mol. The van der Waals surface area contributed by atoms with Gasteiger partial charge >= 0.3 is 0 Å². The Labute approximate surface area is 141 Å². The molecule has 1 aromatic carbocycles. The first kappa shape index (κ1) is 14.9. The van der Waals surface area contributed by atoms with Gasteiger partial charge in [-0.2, -0.15) is 5.10 Å². The van der Waals surface area contributed by atoms with Gasteiger partial charge in [-0.25, -0.2) is 0 Å². The highest BCUT2D eigenvalue weighted by molar-refractivity contribution is 5.61. The highest BCUT2D eigenvalue weighted by atomic mass is 16.5. The van der Waals surface area contributed by atoms with Crippen molar-refractivity contribution in [2.24, 2.45) is 5.92 Å². The number of pyridine rings is 1. The Morgan fingerprint density at radius 2 is 2.12 bits per heavy atom. The third-order valence-electron chi connectivity index (χ3n) is 4.37. The molecule has 0 unspecified atom stereocenters. The molecule has 0 radical (unpaired) electrons. The van der Waals surface area contributed by atoms with Gasteiger partial charge < -0.3 is 10.1 Å². The molecule has 1 aliphatic rings. The minimum Gasteiger partial charge on any atom is -0.493 e. The summed E-state index contributed by atoms with van der Waals surface area (Å²) in [6.07, 6.45) is 6.56. The van der Waals surface area contributed by atoms with Crippen LogP contribution in [-0.4, -0.2) is 28.3 Å². The maximum atomic E-state index is 5.85. The second kappa shape index (κ2) is 6.84. The van der Waals surface area contributed by atoms with Crippen LogP contribution in [0.5, 0.6) is 5.75 Å². The summed E-state index contributed by atoms with van der Waals surface area (Å²) in [6.45, 7) is 2.47. The highest BCUT2D eigenvalue weighted by Crippen LogP contribution is 2.26. The molecule has 0 fully saturated rings. The largest absolute Gasteiger partial charge is 0.493 e. The van der Waals surface area contributed by atoms with Crippen molar-refractivity contribution >= 4 is 0 Å². The van der Waals surface area contributed by atoms with E-state index in [-0.39, 0.29) is 0 Å². The van der Waals surface area contributed by atoms with Crippen molar-refractivity contribution in [3.63, 3.8) is 0 Å². The van der Waals surface area contributed by atoms with E-state index in [0.29, 0.717) is 5.92 Å². The van der Waals surface area contributed by atoms with Crippen LogP contribution in [0.15, 0.2) is 55.0 Å². The van der Waals surface area contributed by atoms with Crippen LogP contribution in [-0.2, 0) is 13.0 Å². The van der Waals surface area contributed by atoms with E-state index in [0.717, 1.165) is 48.7 Å². The molecular formula is C19H20N4O. The second-order valence-electron chi connectivity index (χ2n) is 6.13. The van der Waals surface area contributed by atoms with Crippen molar-refractivity contribution < 1.29 is 4.74 Å². The van der Waals surface area contributed by atoms with Crippen LogP contribution < -0.4 is 10.1 Å². The first-order valence-electron chi connectivity index (χ1n) is 8.24. The zero-order valence-electron chi connectivity index (χ0n) is 13.4. The summed E-state index contributed by atoms with van der Waals surface area (Å²) in [4.78, 5) is 4.17. The van der Waals surface area contributed by atoms with Gasteiger partial charge in [-0.1, -0.05) is 18.2 Å². The molecule has 0 spiro atoms. The van der Waals surface area contributed by atoms with Crippen LogP contribution in [0.3, 0.4) is 0 Å². The summed E-state index contributed by atoms with van der Waals surface area (Å²) < 4.78 is 5.85. The van der Waals surface area contributed by atoms with E-state index in [1.54, 1.807) is 6.20 Å². The van der Waals surface area contributed by atoms with Crippen molar-refractivity contribution in [3.8, 4) is 17.0 Å². The summed E-state index contributed by atoms with van der Waals surface area (Å²) >= 11 is 0. The first-order chi connectivity index (χ1) is 11.9. The Kier molecular flexibility index (Phi) is 4.25. The Morgan fingerprint density at radius 1 is 1.17 bits per heavy atom. The van der Waals surface area contributed by atoms with Gasteiger partial charge in [0.15, 0.2) is 0 Å². The lowest BCUT2D eigenvalue weighted by Gasteiger charge is -2.25. The van der Waals surface area contributed by atoms with E-state index in [4.69, 9.17) is 4.74 Å². The van der Waals surface area contributed by atoms with Gasteiger partial charge in [-0.3, -0.25) is 10.1 Å². The molecule has 5 nitrogen and oxygen atoms in total. The van der Waals surface area contributed by atoms with Crippen molar-refractivity contribution in [3.05, 3.63) is 66.1 Å². The van der Waals surface area contributed by atoms with Crippen LogP contribution in [0.4, 0.5) is 0 Å². The first-order valence-corrected chi connectivity index (χ1v) is 8.24. The van der Waals surface area contributed by atoms with Crippen LogP contribution in [0.1, 0.15) is 11.1 Å². The molecule has 3 heterocycles. The lowest BCUT2D eigenvalue weighted by molar-refractivity contribution is 0.218. The van der Waals surface area contributed by atoms with Crippen LogP contribution in [0.25, 0.3) is 11.3 Å². The maximum Gasteiger partial charge on any atom is 0.122 e. The molecule has 1 aliphatic heterocycles. The monoisotopic (exact) mass is 320 g/mol. The Hall–Kier alpha value is -2.66. The molecule has 4 rings (SSSR count). The normalized spacial score (nSPS) is 16.4. The second-order valence-corrected chi connectivity index (χ2v) is 6.13. The molecule has 5 heteroatoms. The zero-order chi connectivity index (χ0) is 16.2. The minimum absolute atomic E-state index is 0.494. The zero-order valence-corrected chi connectivity index (χ0v) is 13.4. The number of nitrogens with one attached hydrogen (secondary N) is 2. The predicted octanol–water partition coefficient (Wildman–Crippen LogP) is 2.81. The highest BCUT2D eigenvalue weighted by Gasteiger charge is 2.19. The number of fused-ring (bicyclic) bond motifs is 1. The predicted molar refractivity (Wildman–Crippen MR) is 92.7 cm³/mol. The number of ether oxygens (including phenoxy) is 1. The lowest BCUT2D eigenvalue weighted by Crippen LogP contribution is -2.31. The summed E-state index contributed by atoms with van der Waals surface area (Å²) in [6, 6.07) is 12.3. The molecule has 3 aromatic rings. The third-order valence-corrected chi connectivity index (χ3v) is 4.37. The number of rotatable bonds is 5. The van der Waals surface area contributed by atoms with E-state index in [9.17, 15) is 0 Å². The number of benzene rings is 1. The average Bonchev–Trinajstić information content (AvgIpc) is 3.11. The topological polar surface area (TPSA) is 62.8 Å². The van der Waals surface area contributed by atoms with E-state index in [1.807, 2.05) is 36.7 Å². The number of hydrogen-bond donors (Lipinski definition) is 2. The van der Waals surface area contributed by atoms with Gasteiger partial charge in [-0.05, 0) is 30.2 Å². The SMILES string of the molecule is c1cncc(-c2[nH]ncc2CNC[C@@H]2COc3ccccc3C2)c1. The number of nitrogens with zero attached hydrogens (tertiary/aromatic N) is 2. The minimum atomic E-state index is 0.494. The third kappa shape index (κ3) is 3.16. The molecule has 24 heavy (non-hydrogen) atoms. The Morgan fingerprint density at radius 3 is 3.04 bits per heavy atom. The lowest BCUT2D eigenvalue weighted by atomic mass is 9.96. The Balaban J connectivity index is 1.35. The molecule has 0 aliphatic carbocycles. The van der Waals surface area contributed by atoms with Crippen LogP contribution in [0, 0.1) is 5.92 Å². The molecule has 0 saturated carbocycles. The number of hydrogen-bond acceptors (Lipinski definition) is 4. The molecule has 2 aromatic heterocycles. The van der Waals surface area contributed by atoms with Gasteiger partial charge in [0.2, 0.25) is 0 Å². The van der Waals surface area contributed by atoms with E-state index >= 15 is 0 Å². The molecule has 1 atom stereocenters. The number of aromatic amines is 1.